The molecule has 0 bridgehead atoms. The van der Waals surface area contributed by atoms with Gasteiger partial charge >= 0.3 is 5.97 Å². The maximum atomic E-state index is 12.1. The van der Waals surface area contributed by atoms with Gasteiger partial charge in [0.25, 0.3) is 0 Å². The molecule has 0 amide bonds. The van der Waals surface area contributed by atoms with Crippen LogP contribution in [0.5, 0.6) is 0 Å². The molecule has 1 aromatic carbocycles. The van der Waals surface area contributed by atoms with Crippen LogP contribution < -0.4 is 0 Å². The first-order valence-electron chi connectivity index (χ1n) is 6.42. The highest BCUT2D eigenvalue weighted by atomic mass is 35.5. The van der Waals surface area contributed by atoms with Gasteiger partial charge in [0.15, 0.2) is 5.69 Å². The molecule has 0 saturated carbocycles. The third-order valence-corrected chi connectivity index (χ3v) is 3.43. The Balaban J connectivity index is 2.14. The Morgan fingerprint density at radius 3 is 2.62 bits per heavy atom. The van der Waals surface area contributed by atoms with Gasteiger partial charge in [0.1, 0.15) is 12.4 Å². The summed E-state index contributed by atoms with van der Waals surface area (Å²) in [6, 6.07) is 7.16. The molecule has 0 atom stereocenters. The molecule has 2 aromatic rings. The molecule has 0 aliphatic heterocycles. The first kappa shape index (κ1) is 15.7. The minimum Gasteiger partial charge on any atom is -0.456 e. The topological polar surface area (TPSA) is 52.1 Å². The van der Waals surface area contributed by atoms with Gasteiger partial charge in [0.05, 0.1) is 11.2 Å². The third-order valence-electron chi connectivity index (χ3n) is 2.79. The minimum absolute atomic E-state index is 0.0653. The van der Waals surface area contributed by atoms with Gasteiger partial charge in [-0.2, -0.15) is 0 Å². The number of esters is 1. The van der Waals surface area contributed by atoms with Crippen LogP contribution in [0.25, 0.3) is 0 Å². The maximum Gasteiger partial charge on any atom is 0.358 e. The molecular weight excluding hydrogens is 311 g/mol. The Hall–Kier alpha value is -1.65. The lowest BCUT2D eigenvalue weighted by Crippen LogP contribution is -2.11. The minimum atomic E-state index is -0.593. The van der Waals surface area contributed by atoms with Crippen molar-refractivity contribution in [3.63, 3.8) is 0 Å². The van der Waals surface area contributed by atoms with Gasteiger partial charge in [-0.1, -0.05) is 55.2 Å². The quantitative estimate of drug-likeness (QED) is 0.788. The monoisotopic (exact) mass is 324 g/mol. The van der Waals surface area contributed by atoms with Gasteiger partial charge in [-0.05, 0) is 6.07 Å². The Kier molecular flexibility index (Phi) is 5.15. The van der Waals surface area contributed by atoms with Crippen molar-refractivity contribution in [2.45, 2.75) is 26.4 Å². The molecule has 1 aromatic heterocycles. The average Bonchev–Trinajstić information content (AvgIpc) is 2.46. The summed E-state index contributed by atoms with van der Waals surface area (Å²) in [5, 5.41) is 0.713. The molecule has 0 aliphatic rings. The fourth-order valence-electron chi connectivity index (χ4n) is 1.63. The largest absolute Gasteiger partial charge is 0.456 e. The molecule has 0 unspecified atom stereocenters. The van der Waals surface area contributed by atoms with Crippen molar-refractivity contribution in [3.8, 4) is 0 Å². The van der Waals surface area contributed by atoms with Crippen molar-refractivity contribution in [3.05, 3.63) is 57.6 Å². The van der Waals surface area contributed by atoms with Crippen LogP contribution in [0.4, 0.5) is 0 Å². The van der Waals surface area contributed by atoms with E-state index in [4.69, 9.17) is 27.9 Å². The standard InChI is InChI=1S/C15H14Cl2N2O2/c1-9(2)14-18-7-12(17)13(19-14)15(20)21-8-10-5-3-4-6-11(10)16/h3-7,9H,8H2,1-2H3. The number of nitrogens with zero attached hydrogens (tertiary/aromatic N) is 2. The van der Waals surface area contributed by atoms with E-state index in [1.54, 1.807) is 12.1 Å². The second-order valence-corrected chi connectivity index (χ2v) is 5.56. The number of benzene rings is 1. The summed E-state index contributed by atoms with van der Waals surface area (Å²) in [4.78, 5) is 20.3. The molecule has 0 radical (unpaired) electrons. The molecule has 0 fully saturated rings. The second kappa shape index (κ2) is 6.87. The van der Waals surface area contributed by atoms with E-state index in [1.165, 1.54) is 6.20 Å². The molecule has 110 valence electrons. The van der Waals surface area contributed by atoms with E-state index in [0.717, 1.165) is 5.56 Å². The van der Waals surface area contributed by atoms with Gasteiger partial charge in [-0.25, -0.2) is 14.8 Å². The number of ether oxygens (including phenoxy) is 1. The third kappa shape index (κ3) is 3.93. The summed E-state index contributed by atoms with van der Waals surface area (Å²) in [5.41, 5.74) is 0.796. The van der Waals surface area contributed by atoms with E-state index in [9.17, 15) is 4.79 Å². The van der Waals surface area contributed by atoms with Crippen LogP contribution in [0.15, 0.2) is 30.5 Å². The molecular formula is C15H14Cl2N2O2. The number of carbonyl (C=O) groups is 1. The Bertz CT molecular complexity index is 660. The van der Waals surface area contributed by atoms with Crippen molar-refractivity contribution in [1.82, 2.24) is 9.97 Å². The SMILES string of the molecule is CC(C)c1ncc(Cl)c(C(=O)OCc2ccccc2Cl)n1. The second-order valence-electron chi connectivity index (χ2n) is 4.75. The molecule has 0 spiro atoms. The summed E-state index contributed by atoms with van der Waals surface area (Å²) >= 11 is 12.0. The van der Waals surface area contributed by atoms with Gasteiger partial charge < -0.3 is 4.74 Å². The van der Waals surface area contributed by atoms with Crippen LogP contribution >= 0.6 is 23.2 Å². The highest BCUT2D eigenvalue weighted by Crippen LogP contribution is 2.19. The molecule has 0 aliphatic carbocycles. The molecule has 0 saturated heterocycles. The van der Waals surface area contributed by atoms with Gasteiger partial charge in [-0.3, -0.25) is 0 Å². The van der Waals surface area contributed by atoms with Crippen molar-refractivity contribution >= 4 is 29.2 Å². The molecule has 1 heterocycles. The summed E-state index contributed by atoms with van der Waals surface area (Å²) in [5.74, 6) is 0.0469. The van der Waals surface area contributed by atoms with Crippen LogP contribution in [-0.4, -0.2) is 15.9 Å². The van der Waals surface area contributed by atoms with Gasteiger partial charge in [0.2, 0.25) is 0 Å². The molecule has 21 heavy (non-hydrogen) atoms. The summed E-state index contributed by atoms with van der Waals surface area (Å²) < 4.78 is 5.21. The highest BCUT2D eigenvalue weighted by Gasteiger charge is 2.17. The van der Waals surface area contributed by atoms with E-state index in [2.05, 4.69) is 9.97 Å². The number of hydrogen-bond donors (Lipinski definition) is 0. The van der Waals surface area contributed by atoms with E-state index in [-0.39, 0.29) is 23.2 Å². The maximum absolute atomic E-state index is 12.1. The normalized spacial score (nSPS) is 10.7. The fourth-order valence-corrected chi connectivity index (χ4v) is 1.99. The van der Waals surface area contributed by atoms with Gasteiger partial charge in [-0.15, -0.1) is 0 Å². The van der Waals surface area contributed by atoms with Crippen LogP contribution in [0.2, 0.25) is 10.0 Å². The molecule has 4 nitrogen and oxygen atoms in total. The predicted octanol–water partition coefficient (Wildman–Crippen LogP) is 4.26. The van der Waals surface area contributed by atoms with Crippen molar-refractivity contribution in [2.75, 3.05) is 0 Å². The Morgan fingerprint density at radius 2 is 1.95 bits per heavy atom. The Morgan fingerprint density at radius 1 is 1.24 bits per heavy atom. The zero-order valence-corrected chi connectivity index (χ0v) is 13.1. The smallest absolute Gasteiger partial charge is 0.358 e. The lowest BCUT2D eigenvalue weighted by Gasteiger charge is -2.09. The average molecular weight is 325 g/mol. The highest BCUT2D eigenvalue weighted by molar-refractivity contribution is 6.33. The van der Waals surface area contributed by atoms with E-state index in [0.29, 0.717) is 10.8 Å². The predicted molar refractivity (Wildman–Crippen MR) is 81.7 cm³/mol. The zero-order chi connectivity index (χ0) is 15.4. The van der Waals surface area contributed by atoms with Crippen LogP contribution in [0.3, 0.4) is 0 Å². The number of rotatable bonds is 4. The number of aromatic nitrogens is 2. The van der Waals surface area contributed by atoms with Crippen LogP contribution in [0, 0.1) is 0 Å². The first-order valence-corrected chi connectivity index (χ1v) is 7.17. The number of halogens is 2. The van der Waals surface area contributed by atoms with Crippen molar-refractivity contribution < 1.29 is 9.53 Å². The number of hydrogen-bond acceptors (Lipinski definition) is 4. The van der Waals surface area contributed by atoms with Crippen LogP contribution in [-0.2, 0) is 11.3 Å². The van der Waals surface area contributed by atoms with Crippen molar-refractivity contribution in [2.24, 2.45) is 0 Å². The zero-order valence-electron chi connectivity index (χ0n) is 11.6. The van der Waals surface area contributed by atoms with E-state index in [1.807, 2.05) is 26.0 Å². The molecule has 0 N–H and O–H groups in total. The van der Waals surface area contributed by atoms with Crippen LogP contribution in [0.1, 0.15) is 41.6 Å². The van der Waals surface area contributed by atoms with E-state index < -0.39 is 5.97 Å². The Labute approximate surface area is 133 Å². The summed E-state index contributed by atoms with van der Waals surface area (Å²) in [6.45, 7) is 3.93. The number of carbonyl (C=O) groups excluding carboxylic acids is 1. The summed E-state index contributed by atoms with van der Waals surface area (Å²) in [6.07, 6.45) is 1.41. The first-order chi connectivity index (χ1) is 9.99. The molecule has 2 rings (SSSR count). The lowest BCUT2D eigenvalue weighted by atomic mass is 10.2. The van der Waals surface area contributed by atoms with Gasteiger partial charge in [0, 0.05) is 16.5 Å². The summed E-state index contributed by atoms with van der Waals surface area (Å²) in [7, 11) is 0. The lowest BCUT2D eigenvalue weighted by molar-refractivity contribution is 0.0465. The fraction of sp³-hybridized carbons (Fsp3) is 0.267. The van der Waals surface area contributed by atoms with E-state index >= 15 is 0 Å². The molecule has 6 heteroatoms. The van der Waals surface area contributed by atoms with Crippen molar-refractivity contribution in [1.29, 1.82) is 0 Å².